The Bertz CT molecular complexity index is 1170. The Morgan fingerprint density at radius 2 is 1.59 bits per heavy atom. The fraction of sp³-hybridized carbons (Fsp3) is 0.308. The average Bonchev–Trinajstić information content (AvgIpc) is 2.78. The van der Waals surface area contributed by atoms with Gasteiger partial charge in [0.25, 0.3) is 5.91 Å². The molecule has 2 heterocycles. The lowest BCUT2D eigenvalue weighted by Crippen LogP contribution is -2.46. The highest BCUT2D eigenvalue weighted by Crippen LogP contribution is 2.24. The lowest BCUT2D eigenvalue weighted by Gasteiger charge is -2.34. The zero-order valence-electron chi connectivity index (χ0n) is 18.8. The molecule has 1 aliphatic heterocycles. The standard InChI is InChI=1S/C26H29N3O3/c1-18(2)28-13-14-29-22(15-23(30)25(31)24(29)26(28)32)17-27(3)16-19-9-11-21(12-10-19)20-7-5-4-6-8-20/h4-12,15,18,31H,13-14,16-17H2,1-3H3. The first kappa shape index (κ1) is 21.8. The Kier molecular flexibility index (Phi) is 6.15. The van der Waals surface area contributed by atoms with Crippen LogP contribution >= 0.6 is 0 Å². The first-order chi connectivity index (χ1) is 15.3. The molecule has 0 aliphatic carbocycles. The SMILES string of the molecule is CC(C)N1CCn2c(CN(C)Cc3ccc(-c4ccccc4)cc3)cc(=O)c(O)c2C1=O. The molecule has 0 spiro atoms. The number of nitrogens with zero attached hydrogens (tertiary/aromatic N) is 3. The summed E-state index contributed by atoms with van der Waals surface area (Å²) in [7, 11) is 1.99. The van der Waals surface area contributed by atoms with Gasteiger partial charge in [-0.1, -0.05) is 54.6 Å². The van der Waals surface area contributed by atoms with Gasteiger partial charge in [-0.15, -0.1) is 0 Å². The van der Waals surface area contributed by atoms with Gasteiger partial charge in [-0.3, -0.25) is 14.5 Å². The molecule has 166 valence electrons. The average molecular weight is 432 g/mol. The maximum atomic E-state index is 12.9. The molecule has 6 heteroatoms. The lowest BCUT2D eigenvalue weighted by molar-refractivity contribution is 0.0637. The first-order valence-electron chi connectivity index (χ1n) is 10.9. The minimum Gasteiger partial charge on any atom is -0.503 e. The van der Waals surface area contributed by atoms with E-state index < -0.39 is 11.2 Å². The number of hydrogen-bond acceptors (Lipinski definition) is 4. The number of rotatable bonds is 6. The van der Waals surface area contributed by atoms with Gasteiger partial charge in [-0.25, -0.2) is 0 Å². The summed E-state index contributed by atoms with van der Waals surface area (Å²) in [5.41, 5.74) is 3.85. The predicted molar refractivity (Wildman–Crippen MR) is 126 cm³/mol. The molecule has 1 amide bonds. The van der Waals surface area contributed by atoms with Gasteiger partial charge in [0.2, 0.25) is 5.43 Å². The van der Waals surface area contributed by atoms with E-state index in [-0.39, 0.29) is 17.6 Å². The number of fused-ring (bicyclic) bond motifs is 1. The van der Waals surface area contributed by atoms with E-state index >= 15 is 0 Å². The van der Waals surface area contributed by atoms with Crippen LogP contribution in [0.2, 0.25) is 0 Å². The van der Waals surface area contributed by atoms with Gasteiger partial charge < -0.3 is 14.6 Å². The zero-order valence-corrected chi connectivity index (χ0v) is 18.8. The molecule has 0 unspecified atom stereocenters. The minimum absolute atomic E-state index is 0.0101. The summed E-state index contributed by atoms with van der Waals surface area (Å²) in [6, 6.07) is 20.2. The summed E-state index contributed by atoms with van der Waals surface area (Å²) in [6.45, 7) is 6.18. The maximum absolute atomic E-state index is 12.9. The van der Waals surface area contributed by atoms with E-state index in [0.717, 1.165) is 11.3 Å². The fourth-order valence-electron chi connectivity index (χ4n) is 4.30. The summed E-state index contributed by atoms with van der Waals surface area (Å²) < 4.78 is 1.80. The summed E-state index contributed by atoms with van der Waals surface area (Å²) in [5.74, 6) is -0.745. The molecule has 4 rings (SSSR count). The largest absolute Gasteiger partial charge is 0.503 e. The predicted octanol–water partition coefficient (Wildman–Crippen LogP) is 3.72. The van der Waals surface area contributed by atoms with Gasteiger partial charge in [0.05, 0.1) is 0 Å². The normalized spacial score (nSPS) is 13.7. The van der Waals surface area contributed by atoms with E-state index in [1.54, 1.807) is 9.47 Å². The van der Waals surface area contributed by atoms with Crippen molar-refractivity contribution in [3.05, 3.63) is 87.8 Å². The van der Waals surface area contributed by atoms with Crippen LogP contribution in [0.1, 0.15) is 35.6 Å². The van der Waals surface area contributed by atoms with Crippen molar-refractivity contribution in [2.45, 2.75) is 39.5 Å². The van der Waals surface area contributed by atoms with Gasteiger partial charge in [0, 0.05) is 44.0 Å². The van der Waals surface area contributed by atoms with Crippen molar-refractivity contribution < 1.29 is 9.90 Å². The highest BCUT2D eigenvalue weighted by atomic mass is 16.3. The monoisotopic (exact) mass is 431 g/mol. The van der Waals surface area contributed by atoms with Crippen molar-refractivity contribution in [2.75, 3.05) is 13.6 Å². The highest BCUT2D eigenvalue weighted by Gasteiger charge is 2.31. The van der Waals surface area contributed by atoms with Gasteiger partial charge in [-0.05, 0) is 37.6 Å². The molecule has 0 saturated heterocycles. The molecule has 2 aromatic carbocycles. The third kappa shape index (κ3) is 4.32. The molecule has 0 atom stereocenters. The van der Waals surface area contributed by atoms with E-state index in [1.807, 2.05) is 39.1 Å². The van der Waals surface area contributed by atoms with Crippen molar-refractivity contribution >= 4 is 5.91 Å². The van der Waals surface area contributed by atoms with Crippen LogP contribution in [0.5, 0.6) is 5.75 Å². The fourth-order valence-corrected chi connectivity index (χ4v) is 4.30. The van der Waals surface area contributed by atoms with E-state index in [1.165, 1.54) is 17.2 Å². The molecule has 0 saturated carbocycles. The zero-order chi connectivity index (χ0) is 22.8. The molecule has 0 fully saturated rings. The van der Waals surface area contributed by atoms with Crippen LogP contribution in [-0.4, -0.2) is 45.0 Å². The van der Waals surface area contributed by atoms with Crippen LogP contribution in [0.4, 0.5) is 0 Å². The van der Waals surface area contributed by atoms with Crippen LogP contribution < -0.4 is 5.43 Å². The highest BCUT2D eigenvalue weighted by molar-refractivity contribution is 5.96. The number of carbonyl (C=O) groups excluding carboxylic acids is 1. The Labute approximate surface area is 188 Å². The van der Waals surface area contributed by atoms with Crippen LogP contribution in [-0.2, 0) is 19.6 Å². The maximum Gasteiger partial charge on any atom is 0.274 e. The molecular formula is C26H29N3O3. The third-order valence-electron chi connectivity index (χ3n) is 5.97. The second-order valence-electron chi connectivity index (χ2n) is 8.68. The molecule has 32 heavy (non-hydrogen) atoms. The lowest BCUT2D eigenvalue weighted by atomic mass is 10.0. The van der Waals surface area contributed by atoms with Crippen molar-refractivity contribution in [3.63, 3.8) is 0 Å². The van der Waals surface area contributed by atoms with Crippen LogP contribution in [0, 0.1) is 0 Å². The summed E-state index contributed by atoms with van der Waals surface area (Å²) >= 11 is 0. The number of hydrogen-bond donors (Lipinski definition) is 1. The third-order valence-corrected chi connectivity index (χ3v) is 5.97. The number of aromatic nitrogens is 1. The van der Waals surface area contributed by atoms with E-state index in [0.29, 0.717) is 26.2 Å². The topological polar surface area (TPSA) is 65.8 Å². The van der Waals surface area contributed by atoms with Crippen molar-refractivity contribution in [1.82, 2.24) is 14.4 Å². The Hall–Kier alpha value is -3.38. The van der Waals surface area contributed by atoms with Gasteiger partial charge in [0.1, 0.15) is 0 Å². The number of pyridine rings is 1. The van der Waals surface area contributed by atoms with Gasteiger partial charge in [-0.2, -0.15) is 0 Å². The first-order valence-corrected chi connectivity index (χ1v) is 10.9. The van der Waals surface area contributed by atoms with Crippen LogP contribution in [0.25, 0.3) is 11.1 Å². The van der Waals surface area contributed by atoms with E-state index in [2.05, 4.69) is 41.3 Å². The second-order valence-corrected chi connectivity index (χ2v) is 8.68. The van der Waals surface area contributed by atoms with E-state index in [9.17, 15) is 14.7 Å². The smallest absolute Gasteiger partial charge is 0.274 e. The molecule has 3 aromatic rings. The molecule has 1 aliphatic rings. The number of aromatic hydroxyl groups is 1. The summed E-state index contributed by atoms with van der Waals surface area (Å²) in [4.78, 5) is 29.1. The van der Waals surface area contributed by atoms with Crippen molar-refractivity contribution in [2.24, 2.45) is 0 Å². The summed E-state index contributed by atoms with van der Waals surface area (Å²) in [5, 5.41) is 10.3. The molecular weight excluding hydrogens is 402 g/mol. The second kappa shape index (κ2) is 9.01. The minimum atomic E-state index is -0.508. The van der Waals surface area contributed by atoms with Gasteiger partial charge >= 0.3 is 0 Å². The Morgan fingerprint density at radius 1 is 0.938 bits per heavy atom. The Balaban J connectivity index is 1.53. The molecule has 0 radical (unpaired) electrons. The summed E-state index contributed by atoms with van der Waals surface area (Å²) in [6.07, 6.45) is 0. The van der Waals surface area contributed by atoms with E-state index in [4.69, 9.17) is 0 Å². The number of amides is 1. The quantitative estimate of drug-likeness (QED) is 0.646. The molecule has 1 aromatic heterocycles. The van der Waals surface area contributed by atoms with Crippen LogP contribution in [0.15, 0.2) is 65.5 Å². The molecule has 1 N–H and O–H groups in total. The van der Waals surface area contributed by atoms with Crippen molar-refractivity contribution in [3.8, 4) is 16.9 Å². The van der Waals surface area contributed by atoms with Gasteiger partial charge in [0.15, 0.2) is 11.4 Å². The van der Waals surface area contributed by atoms with Crippen molar-refractivity contribution in [1.29, 1.82) is 0 Å². The molecule has 6 nitrogen and oxygen atoms in total. The number of carbonyl (C=O) groups is 1. The molecule has 0 bridgehead atoms. The number of benzene rings is 2. The van der Waals surface area contributed by atoms with Crippen LogP contribution in [0.3, 0.4) is 0 Å². The Morgan fingerprint density at radius 3 is 2.25 bits per heavy atom.